The quantitative estimate of drug-likeness (QED) is 0.416. The number of hydrogen-bond acceptors (Lipinski definition) is 7. The minimum atomic E-state index is -2.88. The molecule has 190 valence electrons. The molecule has 0 amide bonds. The Bertz CT molecular complexity index is 1310. The fraction of sp³-hybridized carbons (Fsp3) is 0.348. The average Bonchev–Trinajstić information content (AvgIpc) is 3.53. The van der Waals surface area contributed by atoms with Crippen LogP contribution in [0.15, 0.2) is 52.9 Å². The third-order valence-electron chi connectivity index (χ3n) is 5.78. The van der Waals surface area contributed by atoms with Gasteiger partial charge in [0.15, 0.2) is 22.8 Å². The molecule has 1 fully saturated rings. The molecule has 0 bridgehead atoms. The van der Waals surface area contributed by atoms with Crippen LogP contribution in [0.2, 0.25) is 5.02 Å². The summed E-state index contributed by atoms with van der Waals surface area (Å²) in [5.74, 6) is -0.212. The lowest BCUT2D eigenvalue weighted by molar-refractivity contribution is -0.224. The number of allylic oxidation sites excluding steroid dienone is 1. The van der Waals surface area contributed by atoms with Crippen molar-refractivity contribution in [2.75, 3.05) is 13.2 Å². The van der Waals surface area contributed by atoms with Gasteiger partial charge in [-0.2, -0.15) is 13.9 Å². The Morgan fingerprint density at radius 1 is 1.31 bits per heavy atom. The van der Waals surface area contributed by atoms with Crippen molar-refractivity contribution >= 4 is 34.3 Å². The van der Waals surface area contributed by atoms with Crippen molar-refractivity contribution in [2.24, 2.45) is 4.99 Å². The Morgan fingerprint density at radius 3 is 2.72 bits per heavy atom. The van der Waals surface area contributed by atoms with E-state index in [0.29, 0.717) is 32.4 Å². The molecule has 13 heteroatoms. The second-order valence-electron chi connectivity index (χ2n) is 8.40. The second-order valence-corrected chi connectivity index (χ2v) is 9.71. The number of benzene rings is 1. The lowest BCUT2D eigenvalue weighted by Crippen LogP contribution is -2.45. The Labute approximate surface area is 212 Å². The highest BCUT2D eigenvalue weighted by Gasteiger charge is 2.40. The molecule has 1 N–H and O–H groups in total. The first-order chi connectivity index (χ1) is 17.2. The van der Waals surface area contributed by atoms with Crippen LogP contribution in [0.25, 0.3) is 5.57 Å². The first kappa shape index (κ1) is 24.9. The average molecular weight is 542 g/mol. The van der Waals surface area contributed by atoms with E-state index in [4.69, 9.17) is 26.1 Å². The largest absolute Gasteiger partial charge is 0.350 e. The van der Waals surface area contributed by atoms with E-state index in [9.17, 15) is 13.2 Å². The van der Waals surface area contributed by atoms with Crippen LogP contribution in [-0.4, -0.2) is 45.8 Å². The standard InChI is InChI=1S/C23H20ClF4N5O2S/c1-12-34-10-23(28,11-35-12)7-17-18(13-8-30-33(9-13)22(26)27)19(15-3-2-14(25)6-16(15)24)32-20(31-17)21-29-4-5-36-21/h2-6,8-9,12,19,22H,7,10-11H2,1H3,(H,31,32)/t12?,19-,23?/m0/s1. The molecule has 2 aromatic heterocycles. The van der Waals surface area contributed by atoms with Crippen LogP contribution in [0, 0.1) is 5.82 Å². The van der Waals surface area contributed by atoms with E-state index in [1.165, 1.54) is 29.7 Å². The third kappa shape index (κ3) is 5.03. The maximum absolute atomic E-state index is 15.9. The van der Waals surface area contributed by atoms with Crippen LogP contribution in [0.5, 0.6) is 0 Å². The van der Waals surface area contributed by atoms with E-state index in [1.54, 1.807) is 18.5 Å². The number of alkyl halides is 3. The monoisotopic (exact) mass is 541 g/mol. The van der Waals surface area contributed by atoms with E-state index in [2.05, 4.69) is 15.4 Å². The van der Waals surface area contributed by atoms with Crippen LogP contribution in [0.1, 0.15) is 42.1 Å². The molecule has 36 heavy (non-hydrogen) atoms. The number of nitrogens with zero attached hydrogens (tertiary/aromatic N) is 4. The van der Waals surface area contributed by atoms with Crippen molar-refractivity contribution < 1.29 is 27.0 Å². The van der Waals surface area contributed by atoms with Gasteiger partial charge >= 0.3 is 6.55 Å². The molecule has 1 aromatic carbocycles. The Morgan fingerprint density at radius 2 is 2.08 bits per heavy atom. The first-order valence-electron chi connectivity index (χ1n) is 10.9. The second kappa shape index (κ2) is 9.92. The summed E-state index contributed by atoms with van der Waals surface area (Å²) in [4.78, 5) is 9.04. The van der Waals surface area contributed by atoms with Crippen LogP contribution in [0.3, 0.4) is 0 Å². The predicted octanol–water partition coefficient (Wildman–Crippen LogP) is 5.52. The van der Waals surface area contributed by atoms with E-state index in [0.717, 1.165) is 12.3 Å². The van der Waals surface area contributed by atoms with Gasteiger partial charge in [-0.1, -0.05) is 17.7 Å². The highest BCUT2D eigenvalue weighted by Crippen LogP contribution is 2.43. The maximum Gasteiger partial charge on any atom is 0.333 e. The maximum atomic E-state index is 15.9. The number of amidine groups is 1. The van der Waals surface area contributed by atoms with Crippen LogP contribution in [0.4, 0.5) is 17.6 Å². The van der Waals surface area contributed by atoms with Gasteiger partial charge in [-0.3, -0.25) is 4.99 Å². The molecule has 0 saturated carbocycles. The summed E-state index contributed by atoms with van der Waals surface area (Å²) in [6.45, 7) is -1.67. The molecule has 2 aliphatic rings. The first-order valence-corrected chi connectivity index (χ1v) is 12.2. The molecule has 0 spiro atoms. The fourth-order valence-corrected chi connectivity index (χ4v) is 4.95. The minimum absolute atomic E-state index is 0.0790. The van der Waals surface area contributed by atoms with Crippen molar-refractivity contribution in [1.82, 2.24) is 20.1 Å². The van der Waals surface area contributed by atoms with Crippen LogP contribution >= 0.6 is 22.9 Å². The predicted molar refractivity (Wildman–Crippen MR) is 126 cm³/mol. The van der Waals surface area contributed by atoms with E-state index in [1.807, 2.05) is 0 Å². The van der Waals surface area contributed by atoms with E-state index in [-0.39, 0.29) is 30.2 Å². The van der Waals surface area contributed by atoms with Gasteiger partial charge < -0.3 is 14.8 Å². The number of halogens is 5. The number of thiazole rings is 1. The van der Waals surface area contributed by atoms with Crippen LogP contribution in [-0.2, 0) is 9.47 Å². The van der Waals surface area contributed by atoms with Gasteiger partial charge in [0.25, 0.3) is 0 Å². The van der Waals surface area contributed by atoms with E-state index < -0.39 is 30.4 Å². The zero-order valence-electron chi connectivity index (χ0n) is 18.8. The molecule has 4 heterocycles. The molecule has 1 saturated heterocycles. The zero-order valence-corrected chi connectivity index (χ0v) is 20.4. The molecule has 2 aliphatic heterocycles. The molecule has 0 unspecified atom stereocenters. The third-order valence-corrected chi connectivity index (χ3v) is 6.88. The van der Waals surface area contributed by atoms with Gasteiger partial charge in [0.1, 0.15) is 11.9 Å². The molecule has 0 radical (unpaired) electrons. The lowest BCUT2D eigenvalue weighted by atomic mass is 9.88. The number of aromatic nitrogens is 3. The van der Waals surface area contributed by atoms with Gasteiger partial charge in [-0.25, -0.2) is 18.4 Å². The fourth-order valence-electron chi connectivity index (χ4n) is 4.10. The Kier molecular flexibility index (Phi) is 6.86. The van der Waals surface area contributed by atoms with Gasteiger partial charge in [-0.15, -0.1) is 11.3 Å². The van der Waals surface area contributed by atoms with Gasteiger partial charge in [0, 0.05) is 46.1 Å². The van der Waals surface area contributed by atoms with E-state index >= 15 is 4.39 Å². The van der Waals surface area contributed by atoms with Gasteiger partial charge in [0.05, 0.1) is 19.4 Å². The number of rotatable bonds is 6. The molecule has 7 nitrogen and oxygen atoms in total. The summed E-state index contributed by atoms with van der Waals surface area (Å²) in [5.41, 5.74) is -0.519. The number of aliphatic imine (C=N–C) groups is 1. The SMILES string of the molecule is CC1OCC(F)(CC2=C(c3cnn(C(F)F)c3)[C@H](c3ccc(F)cc3Cl)N=C(c3nccs3)N2)CO1. The molecule has 3 aromatic rings. The molecule has 5 rings (SSSR count). The topological polar surface area (TPSA) is 73.6 Å². The summed E-state index contributed by atoms with van der Waals surface area (Å²) in [6, 6.07) is 2.93. The summed E-state index contributed by atoms with van der Waals surface area (Å²) >= 11 is 7.71. The highest BCUT2D eigenvalue weighted by atomic mass is 35.5. The Hall–Kier alpha value is -2.80. The summed E-state index contributed by atoms with van der Waals surface area (Å²) in [6.07, 6.45) is 3.23. The molecular formula is C23H20ClF4N5O2S. The smallest absolute Gasteiger partial charge is 0.333 e. The van der Waals surface area contributed by atoms with Crippen molar-refractivity contribution in [1.29, 1.82) is 0 Å². The van der Waals surface area contributed by atoms with Crippen molar-refractivity contribution in [2.45, 2.75) is 37.9 Å². The van der Waals surface area contributed by atoms with Crippen molar-refractivity contribution in [3.8, 4) is 0 Å². The van der Waals surface area contributed by atoms with Gasteiger partial charge in [0.2, 0.25) is 0 Å². The normalized spacial score (nSPS) is 24.7. The van der Waals surface area contributed by atoms with Crippen molar-refractivity contribution in [3.05, 3.63) is 74.8 Å². The van der Waals surface area contributed by atoms with Crippen LogP contribution < -0.4 is 5.32 Å². The molecule has 0 aliphatic carbocycles. The van der Waals surface area contributed by atoms with Crippen molar-refractivity contribution in [3.63, 3.8) is 0 Å². The zero-order chi connectivity index (χ0) is 25.4. The minimum Gasteiger partial charge on any atom is -0.350 e. The number of ether oxygens (including phenoxy) is 2. The molecule has 1 atom stereocenters. The summed E-state index contributed by atoms with van der Waals surface area (Å²) in [5, 5.41) is 9.24. The number of nitrogens with one attached hydrogen (secondary N) is 1. The lowest BCUT2D eigenvalue weighted by Gasteiger charge is -2.36. The van der Waals surface area contributed by atoms with Gasteiger partial charge in [-0.05, 0) is 24.6 Å². The molecular weight excluding hydrogens is 522 g/mol. The summed E-state index contributed by atoms with van der Waals surface area (Å²) in [7, 11) is 0. The summed E-state index contributed by atoms with van der Waals surface area (Å²) < 4.78 is 67.8. The highest BCUT2D eigenvalue weighted by molar-refractivity contribution is 7.11. The Balaban J connectivity index is 1.67. The number of hydrogen-bond donors (Lipinski definition) is 1.